The maximum absolute atomic E-state index is 12.9. The number of rotatable bonds is 4. The Morgan fingerprint density at radius 3 is 2.32 bits per heavy atom. The molecule has 124 valence electrons. The van der Waals surface area contributed by atoms with Crippen molar-refractivity contribution in [1.82, 2.24) is 10.2 Å². The van der Waals surface area contributed by atoms with Crippen molar-refractivity contribution in [1.29, 1.82) is 0 Å². The summed E-state index contributed by atoms with van der Waals surface area (Å²) in [6.45, 7) is 2.25. The molecule has 0 aromatic heterocycles. The first-order valence-electron chi connectivity index (χ1n) is 6.88. The molecule has 1 aromatic carbocycles. The van der Waals surface area contributed by atoms with E-state index in [2.05, 4.69) is 5.32 Å². The van der Waals surface area contributed by atoms with E-state index in [0.717, 1.165) is 12.1 Å². The molecule has 0 aliphatic carbocycles. The molecule has 1 aliphatic heterocycles. The molecular weight excluding hydrogens is 327 g/mol. The second kappa shape index (κ2) is 7.10. The van der Waals surface area contributed by atoms with E-state index >= 15 is 0 Å². The van der Waals surface area contributed by atoms with Gasteiger partial charge in [-0.3, -0.25) is 4.90 Å². The topological polar surface area (TPSA) is 15.3 Å². The lowest BCUT2D eigenvalue weighted by Gasteiger charge is -2.35. The highest BCUT2D eigenvalue weighted by Crippen LogP contribution is 2.36. The van der Waals surface area contributed by atoms with Gasteiger partial charge in [0.2, 0.25) is 6.43 Å². The van der Waals surface area contributed by atoms with Crippen LogP contribution in [0.1, 0.15) is 23.6 Å². The van der Waals surface area contributed by atoms with Gasteiger partial charge in [-0.25, -0.2) is 8.78 Å². The van der Waals surface area contributed by atoms with Gasteiger partial charge in [0.1, 0.15) is 0 Å². The number of benzene rings is 1. The van der Waals surface area contributed by atoms with Crippen LogP contribution in [0.2, 0.25) is 5.02 Å². The van der Waals surface area contributed by atoms with Crippen LogP contribution in [-0.4, -0.2) is 37.5 Å². The van der Waals surface area contributed by atoms with Crippen molar-refractivity contribution < 1.29 is 22.0 Å². The smallest absolute Gasteiger partial charge is 0.314 e. The molecule has 1 atom stereocenters. The van der Waals surface area contributed by atoms with Gasteiger partial charge in [-0.15, -0.1) is 0 Å². The highest BCUT2D eigenvalue weighted by molar-refractivity contribution is 6.30. The van der Waals surface area contributed by atoms with Gasteiger partial charge < -0.3 is 5.32 Å². The molecule has 0 unspecified atom stereocenters. The van der Waals surface area contributed by atoms with Crippen LogP contribution in [-0.2, 0) is 6.18 Å². The number of hydrogen-bond donors (Lipinski definition) is 1. The Morgan fingerprint density at radius 1 is 1.14 bits per heavy atom. The standard InChI is InChI=1S/C14H16ClF5N2/c15-11-6-9(5-10(7-11)14(18,19)20)12(8-13(16)17)22-3-1-21-2-4-22/h5-7,12-13,21H,1-4,8H2/t12-/m1/s1. The van der Waals surface area contributed by atoms with Crippen LogP contribution in [0.4, 0.5) is 22.0 Å². The van der Waals surface area contributed by atoms with Crippen LogP contribution in [0.15, 0.2) is 18.2 Å². The molecule has 1 heterocycles. The lowest BCUT2D eigenvalue weighted by Crippen LogP contribution is -2.45. The zero-order valence-corrected chi connectivity index (χ0v) is 12.4. The van der Waals surface area contributed by atoms with Gasteiger partial charge in [0, 0.05) is 43.7 Å². The van der Waals surface area contributed by atoms with Gasteiger partial charge in [0.15, 0.2) is 0 Å². The van der Waals surface area contributed by atoms with E-state index in [1.54, 1.807) is 4.90 Å². The Balaban J connectivity index is 2.35. The van der Waals surface area contributed by atoms with Gasteiger partial charge in [-0.1, -0.05) is 11.6 Å². The molecular formula is C14H16ClF5N2. The van der Waals surface area contributed by atoms with Crippen molar-refractivity contribution in [2.75, 3.05) is 26.2 Å². The van der Waals surface area contributed by atoms with E-state index in [1.807, 2.05) is 0 Å². The summed E-state index contributed by atoms with van der Waals surface area (Å²) >= 11 is 5.76. The number of nitrogens with zero attached hydrogens (tertiary/aromatic N) is 1. The predicted octanol–water partition coefficient (Wildman–Crippen LogP) is 3.96. The van der Waals surface area contributed by atoms with Gasteiger partial charge in [0.25, 0.3) is 0 Å². The van der Waals surface area contributed by atoms with Gasteiger partial charge in [-0.05, 0) is 23.8 Å². The summed E-state index contributed by atoms with van der Waals surface area (Å²) in [6, 6.07) is 2.29. The molecule has 0 bridgehead atoms. The zero-order valence-electron chi connectivity index (χ0n) is 11.6. The van der Waals surface area contributed by atoms with E-state index in [1.165, 1.54) is 6.07 Å². The quantitative estimate of drug-likeness (QED) is 0.833. The van der Waals surface area contributed by atoms with Crippen molar-refractivity contribution in [3.63, 3.8) is 0 Å². The molecule has 22 heavy (non-hydrogen) atoms. The highest BCUT2D eigenvalue weighted by Gasteiger charge is 2.33. The minimum atomic E-state index is -4.56. The average molecular weight is 343 g/mol. The van der Waals surface area contributed by atoms with Crippen LogP contribution < -0.4 is 5.32 Å². The summed E-state index contributed by atoms with van der Waals surface area (Å²) < 4.78 is 64.4. The third kappa shape index (κ3) is 4.54. The van der Waals surface area contributed by atoms with E-state index in [0.29, 0.717) is 26.2 Å². The molecule has 0 saturated carbocycles. The first-order chi connectivity index (χ1) is 10.3. The molecule has 8 heteroatoms. The maximum atomic E-state index is 12.9. The third-order valence-electron chi connectivity index (χ3n) is 3.63. The Morgan fingerprint density at radius 2 is 1.77 bits per heavy atom. The monoisotopic (exact) mass is 342 g/mol. The summed E-state index contributed by atoms with van der Waals surface area (Å²) in [5.41, 5.74) is -0.730. The number of nitrogens with one attached hydrogen (secondary N) is 1. The van der Waals surface area contributed by atoms with Crippen LogP contribution in [0.3, 0.4) is 0 Å². The average Bonchev–Trinajstić information content (AvgIpc) is 2.44. The summed E-state index contributed by atoms with van der Waals surface area (Å²) in [7, 11) is 0. The normalized spacial score (nSPS) is 18.7. The van der Waals surface area contributed by atoms with Gasteiger partial charge in [-0.2, -0.15) is 13.2 Å². The Labute approximate surface area is 130 Å². The molecule has 1 aromatic rings. The number of halogens is 6. The predicted molar refractivity (Wildman–Crippen MR) is 74.3 cm³/mol. The van der Waals surface area contributed by atoms with Crippen molar-refractivity contribution >= 4 is 11.6 Å². The fourth-order valence-corrected chi connectivity index (χ4v) is 2.87. The molecule has 1 fully saturated rings. The zero-order chi connectivity index (χ0) is 16.3. The molecule has 2 nitrogen and oxygen atoms in total. The number of hydrogen-bond acceptors (Lipinski definition) is 2. The molecule has 0 spiro atoms. The molecule has 0 amide bonds. The Bertz CT molecular complexity index is 500. The van der Waals surface area contributed by atoms with E-state index in [4.69, 9.17) is 11.6 Å². The van der Waals surface area contributed by atoms with Crippen molar-refractivity contribution in [3.8, 4) is 0 Å². The second-order valence-corrected chi connectivity index (χ2v) is 5.64. The van der Waals surface area contributed by atoms with E-state index in [9.17, 15) is 22.0 Å². The van der Waals surface area contributed by atoms with Crippen LogP contribution in [0.5, 0.6) is 0 Å². The number of piperazine rings is 1. The maximum Gasteiger partial charge on any atom is 0.416 e. The van der Waals surface area contributed by atoms with Crippen LogP contribution in [0, 0.1) is 0 Å². The van der Waals surface area contributed by atoms with Crippen molar-refractivity contribution in [2.45, 2.75) is 25.1 Å². The van der Waals surface area contributed by atoms with Crippen LogP contribution in [0.25, 0.3) is 0 Å². The largest absolute Gasteiger partial charge is 0.416 e. The highest BCUT2D eigenvalue weighted by atomic mass is 35.5. The lowest BCUT2D eigenvalue weighted by molar-refractivity contribution is -0.137. The molecule has 1 aliphatic rings. The molecule has 0 radical (unpaired) electrons. The lowest BCUT2D eigenvalue weighted by atomic mass is 9.99. The summed E-state index contributed by atoms with van der Waals surface area (Å²) in [6.07, 6.45) is -7.68. The van der Waals surface area contributed by atoms with Crippen molar-refractivity contribution in [2.24, 2.45) is 0 Å². The first-order valence-corrected chi connectivity index (χ1v) is 7.26. The van der Waals surface area contributed by atoms with Gasteiger partial charge >= 0.3 is 6.18 Å². The first kappa shape index (κ1) is 17.4. The Kier molecular flexibility index (Phi) is 5.63. The fourth-order valence-electron chi connectivity index (χ4n) is 2.63. The van der Waals surface area contributed by atoms with Crippen LogP contribution >= 0.6 is 11.6 Å². The summed E-state index contributed by atoms with van der Waals surface area (Å²) in [5.74, 6) is 0. The Hall–Kier alpha value is -0.920. The molecule has 1 N–H and O–H groups in total. The van der Waals surface area contributed by atoms with E-state index in [-0.39, 0.29) is 10.6 Å². The third-order valence-corrected chi connectivity index (χ3v) is 3.84. The summed E-state index contributed by atoms with van der Waals surface area (Å²) in [5, 5.41) is 2.99. The van der Waals surface area contributed by atoms with E-state index < -0.39 is 30.6 Å². The molecule has 1 saturated heterocycles. The second-order valence-electron chi connectivity index (χ2n) is 5.20. The van der Waals surface area contributed by atoms with Gasteiger partial charge in [0.05, 0.1) is 5.56 Å². The minimum absolute atomic E-state index is 0.0979. The van der Waals surface area contributed by atoms with Crippen molar-refractivity contribution in [3.05, 3.63) is 34.3 Å². The SMILES string of the molecule is FC(F)C[C@H](c1cc(Cl)cc(C(F)(F)F)c1)N1CCNCC1. The summed E-state index contributed by atoms with van der Waals surface area (Å²) in [4.78, 5) is 1.77. The molecule has 2 rings (SSSR count). The minimum Gasteiger partial charge on any atom is -0.314 e. The fraction of sp³-hybridized carbons (Fsp3) is 0.571. The number of alkyl halides is 5.